The number of rotatable bonds is 4. The van der Waals surface area contributed by atoms with Crippen molar-refractivity contribution in [1.82, 2.24) is 19.2 Å². The summed E-state index contributed by atoms with van der Waals surface area (Å²) in [5.74, 6) is 1.13. The highest BCUT2D eigenvalue weighted by molar-refractivity contribution is 7.13. The minimum absolute atomic E-state index is 0.0913. The number of likely N-dealkylation sites (tertiary alicyclic amines) is 1. The van der Waals surface area contributed by atoms with Crippen LogP contribution in [-0.4, -0.2) is 38.2 Å². The summed E-state index contributed by atoms with van der Waals surface area (Å²) in [6, 6.07) is 13.9. The molecular formula is C21H24N4O2S. The molecule has 1 amide bonds. The second-order valence-electron chi connectivity index (χ2n) is 7.31. The van der Waals surface area contributed by atoms with E-state index in [0.29, 0.717) is 19.6 Å². The predicted octanol–water partition coefficient (Wildman–Crippen LogP) is 3.02. The summed E-state index contributed by atoms with van der Waals surface area (Å²) in [4.78, 5) is 29.2. The Hall–Kier alpha value is -2.67. The van der Waals surface area contributed by atoms with Crippen LogP contribution in [0, 0.1) is 6.92 Å². The van der Waals surface area contributed by atoms with Crippen LogP contribution < -0.4 is 5.69 Å². The van der Waals surface area contributed by atoms with Crippen molar-refractivity contribution < 1.29 is 4.79 Å². The predicted molar refractivity (Wildman–Crippen MR) is 110 cm³/mol. The molecule has 7 heteroatoms. The van der Waals surface area contributed by atoms with Crippen molar-refractivity contribution in [2.45, 2.75) is 32.2 Å². The van der Waals surface area contributed by atoms with E-state index < -0.39 is 0 Å². The van der Waals surface area contributed by atoms with Gasteiger partial charge < -0.3 is 4.90 Å². The number of amides is 1. The molecule has 0 N–H and O–H groups in total. The van der Waals surface area contributed by atoms with Gasteiger partial charge in [0.15, 0.2) is 0 Å². The molecule has 1 saturated heterocycles. The maximum Gasteiger partial charge on any atom is 0.345 e. The third-order valence-corrected chi connectivity index (χ3v) is 6.31. The first-order valence-corrected chi connectivity index (χ1v) is 10.4. The van der Waals surface area contributed by atoms with Gasteiger partial charge in [0.2, 0.25) is 0 Å². The Morgan fingerprint density at radius 3 is 2.50 bits per heavy atom. The van der Waals surface area contributed by atoms with Crippen molar-refractivity contribution in [3.05, 3.63) is 74.1 Å². The number of nitrogens with zero attached hydrogens (tertiary/aromatic N) is 4. The van der Waals surface area contributed by atoms with Gasteiger partial charge in [-0.1, -0.05) is 30.3 Å². The van der Waals surface area contributed by atoms with Gasteiger partial charge in [0.05, 0.1) is 11.4 Å². The number of thiophene rings is 1. The third kappa shape index (κ3) is 3.67. The zero-order valence-corrected chi connectivity index (χ0v) is 17.0. The molecule has 6 nitrogen and oxygen atoms in total. The second-order valence-corrected chi connectivity index (χ2v) is 8.60. The lowest BCUT2D eigenvalue weighted by atomic mass is 9.95. The molecule has 146 valence electrons. The van der Waals surface area contributed by atoms with Crippen molar-refractivity contribution in [3.63, 3.8) is 0 Å². The van der Waals surface area contributed by atoms with Crippen LogP contribution in [0.4, 0.5) is 0 Å². The summed E-state index contributed by atoms with van der Waals surface area (Å²) in [5.41, 5.74) is 0.992. The van der Waals surface area contributed by atoms with E-state index >= 15 is 0 Å². The summed E-state index contributed by atoms with van der Waals surface area (Å²) < 4.78 is 3.20. The highest BCUT2D eigenvalue weighted by Gasteiger charge is 2.29. The average Bonchev–Trinajstić information content (AvgIpc) is 3.27. The van der Waals surface area contributed by atoms with Crippen molar-refractivity contribution in [3.8, 4) is 0 Å². The number of benzene rings is 1. The van der Waals surface area contributed by atoms with Gasteiger partial charge in [0, 0.05) is 30.9 Å². The van der Waals surface area contributed by atoms with E-state index in [-0.39, 0.29) is 17.5 Å². The molecule has 0 bridgehead atoms. The number of piperidine rings is 1. The highest BCUT2D eigenvalue weighted by atomic mass is 32.1. The largest absolute Gasteiger partial charge is 0.345 e. The van der Waals surface area contributed by atoms with Crippen LogP contribution in [0.25, 0.3) is 0 Å². The molecule has 0 radical (unpaired) electrons. The fourth-order valence-electron chi connectivity index (χ4n) is 3.79. The van der Waals surface area contributed by atoms with Gasteiger partial charge in [-0.25, -0.2) is 9.48 Å². The minimum Gasteiger partial charge on any atom is -0.338 e. The molecular weight excluding hydrogens is 372 g/mol. The molecule has 0 saturated carbocycles. The quantitative estimate of drug-likeness (QED) is 0.681. The van der Waals surface area contributed by atoms with Gasteiger partial charge in [-0.3, -0.25) is 9.36 Å². The maximum atomic E-state index is 12.7. The normalized spacial score (nSPS) is 15.1. The third-order valence-electron chi connectivity index (χ3n) is 5.32. The standard InChI is InChI=1S/C21H24N4O2S/c1-15-8-9-18(28-15)20(26)24-12-10-17(11-13-24)19-22-23(2)21(27)25(19)14-16-6-4-3-5-7-16/h3-9,17H,10-14H2,1-2H3. The molecule has 3 heterocycles. The Morgan fingerprint density at radius 2 is 1.86 bits per heavy atom. The molecule has 2 aromatic heterocycles. The van der Waals surface area contributed by atoms with E-state index in [1.807, 2.05) is 54.3 Å². The fraction of sp³-hybridized carbons (Fsp3) is 0.381. The summed E-state index contributed by atoms with van der Waals surface area (Å²) in [5, 5.41) is 4.53. The summed E-state index contributed by atoms with van der Waals surface area (Å²) >= 11 is 1.54. The van der Waals surface area contributed by atoms with Crippen LogP contribution in [0.5, 0.6) is 0 Å². The minimum atomic E-state index is -0.0913. The number of hydrogen-bond acceptors (Lipinski definition) is 4. The SMILES string of the molecule is Cc1ccc(C(=O)N2CCC(c3nn(C)c(=O)n3Cc3ccccc3)CC2)s1. The Bertz CT molecular complexity index is 1030. The van der Waals surface area contributed by atoms with E-state index in [2.05, 4.69) is 5.10 Å². The van der Waals surface area contributed by atoms with Gasteiger partial charge in [-0.15, -0.1) is 11.3 Å². The topological polar surface area (TPSA) is 60.1 Å². The van der Waals surface area contributed by atoms with E-state index in [4.69, 9.17) is 0 Å². The Balaban J connectivity index is 1.50. The van der Waals surface area contributed by atoms with Crippen molar-refractivity contribution in [2.75, 3.05) is 13.1 Å². The average molecular weight is 397 g/mol. The van der Waals surface area contributed by atoms with Crippen LogP contribution >= 0.6 is 11.3 Å². The molecule has 0 aliphatic carbocycles. The Labute approximate surface area is 168 Å². The lowest BCUT2D eigenvalue weighted by molar-refractivity contribution is 0.0715. The van der Waals surface area contributed by atoms with E-state index in [1.165, 1.54) is 4.68 Å². The molecule has 0 unspecified atom stereocenters. The van der Waals surface area contributed by atoms with Gasteiger partial charge in [-0.2, -0.15) is 5.10 Å². The van der Waals surface area contributed by atoms with Gasteiger partial charge in [-0.05, 0) is 37.5 Å². The van der Waals surface area contributed by atoms with Gasteiger partial charge in [0.25, 0.3) is 5.91 Å². The number of hydrogen-bond donors (Lipinski definition) is 0. The number of carbonyl (C=O) groups is 1. The molecule has 28 heavy (non-hydrogen) atoms. The molecule has 4 rings (SSSR count). The molecule has 1 aliphatic heterocycles. The monoisotopic (exact) mass is 396 g/mol. The molecule has 1 fully saturated rings. The lowest BCUT2D eigenvalue weighted by Crippen LogP contribution is -2.38. The van der Waals surface area contributed by atoms with E-state index in [9.17, 15) is 9.59 Å². The van der Waals surface area contributed by atoms with Crippen LogP contribution in [0.2, 0.25) is 0 Å². The van der Waals surface area contributed by atoms with Crippen LogP contribution in [-0.2, 0) is 13.6 Å². The Morgan fingerprint density at radius 1 is 1.14 bits per heavy atom. The van der Waals surface area contributed by atoms with Gasteiger partial charge >= 0.3 is 5.69 Å². The van der Waals surface area contributed by atoms with E-state index in [0.717, 1.165) is 34.0 Å². The van der Waals surface area contributed by atoms with Crippen molar-refractivity contribution >= 4 is 17.2 Å². The molecule has 0 atom stereocenters. The summed E-state index contributed by atoms with van der Waals surface area (Å²) in [6.45, 7) is 3.92. The first kappa shape index (κ1) is 18.7. The van der Waals surface area contributed by atoms with E-state index in [1.54, 1.807) is 23.0 Å². The zero-order chi connectivity index (χ0) is 19.7. The number of aromatic nitrogens is 3. The van der Waals surface area contributed by atoms with Crippen LogP contribution in [0.1, 0.15) is 44.7 Å². The van der Waals surface area contributed by atoms with Crippen molar-refractivity contribution in [2.24, 2.45) is 7.05 Å². The zero-order valence-electron chi connectivity index (χ0n) is 16.2. The van der Waals surface area contributed by atoms with Crippen LogP contribution in [0.15, 0.2) is 47.3 Å². The summed E-state index contributed by atoms with van der Waals surface area (Å²) in [7, 11) is 1.70. The van der Waals surface area contributed by atoms with Crippen molar-refractivity contribution in [1.29, 1.82) is 0 Å². The molecule has 0 spiro atoms. The smallest absolute Gasteiger partial charge is 0.338 e. The lowest BCUT2D eigenvalue weighted by Gasteiger charge is -2.31. The number of carbonyl (C=O) groups excluding carboxylic acids is 1. The molecule has 3 aromatic rings. The van der Waals surface area contributed by atoms with Crippen LogP contribution in [0.3, 0.4) is 0 Å². The van der Waals surface area contributed by atoms with Gasteiger partial charge in [0.1, 0.15) is 5.82 Å². The summed E-state index contributed by atoms with van der Waals surface area (Å²) in [6.07, 6.45) is 1.64. The first-order chi connectivity index (χ1) is 13.5. The second kappa shape index (κ2) is 7.75. The maximum absolute atomic E-state index is 12.7. The molecule has 1 aliphatic rings. The highest BCUT2D eigenvalue weighted by Crippen LogP contribution is 2.28. The molecule has 1 aromatic carbocycles. The number of aryl methyl sites for hydroxylation is 2. The first-order valence-electron chi connectivity index (χ1n) is 9.56. The fourth-order valence-corrected chi connectivity index (χ4v) is 4.62. The Kier molecular flexibility index (Phi) is 5.17.